The van der Waals surface area contributed by atoms with Gasteiger partial charge in [-0.3, -0.25) is 19.3 Å². The summed E-state index contributed by atoms with van der Waals surface area (Å²) in [5.41, 5.74) is 1.27. The van der Waals surface area contributed by atoms with Gasteiger partial charge in [0.1, 0.15) is 0 Å². The van der Waals surface area contributed by atoms with Crippen molar-refractivity contribution in [2.45, 2.75) is 57.0 Å². The first-order valence-electron chi connectivity index (χ1n) is 8.48. The highest BCUT2D eigenvalue weighted by Gasteiger charge is 2.44. The molecule has 23 heavy (non-hydrogen) atoms. The first kappa shape index (κ1) is 14.4. The maximum Gasteiger partial charge on any atom is 0.261 e. The summed E-state index contributed by atoms with van der Waals surface area (Å²) in [5, 5.41) is 3.05. The molecular formula is C18H20N2O3. The number of carbonyl (C=O) groups is 3. The van der Waals surface area contributed by atoms with E-state index in [0.29, 0.717) is 16.7 Å². The normalized spacial score (nSPS) is 21.5. The summed E-state index contributed by atoms with van der Waals surface area (Å²) in [4.78, 5) is 38.5. The largest absolute Gasteiger partial charge is 0.349 e. The molecule has 1 aromatic carbocycles. The quantitative estimate of drug-likeness (QED) is 0.872. The Kier molecular flexibility index (Phi) is 3.43. The van der Waals surface area contributed by atoms with Crippen LogP contribution in [0.25, 0.3) is 0 Å². The second-order valence-electron chi connectivity index (χ2n) is 6.78. The molecule has 2 fully saturated rings. The van der Waals surface area contributed by atoms with Crippen LogP contribution in [0.15, 0.2) is 18.2 Å². The fourth-order valence-corrected chi connectivity index (χ4v) is 3.58. The van der Waals surface area contributed by atoms with Crippen LogP contribution in [0.2, 0.25) is 0 Å². The molecule has 3 aliphatic rings. The van der Waals surface area contributed by atoms with Gasteiger partial charge < -0.3 is 5.32 Å². The fraction of sp³-hybridized carbons (Fsp3) is 0.500. The van der Waals surface area contributed by atoms with Gasteiger partial charge in [0.05, 0.1) is 11.1 Å². The summed E-state index contributed by atoms with van der Waals surface area (Å²) in [5.74, 6) is -0.614. The Morgan fingerprint density at radius 2 is 1.65 bits per heavy atom. The van der Waals surface area contributed by atoms with Gasteiger partial charge in [0.2, 0.25) is 0 Å². The number of imide groups is 1. The zero-order chi connectivity index (χ0) is 16.0. The molecule has 0 aromatic heterocycles. The maximum absolute atomic E-state index is 12.4. The summed E-state index contributed by atoms with van der Waals surface area (Å²) in [6.45, 7) is 0. The van der Waals surface area contributed by atoms with Crippen molar-refractivity contribution in [3.8, 4) is 0 Å². The molecule has 0 spiro atoms. The van der Waals surface area contributed by atoms with Crippen LogP contribution in [0.3, 0.4) is 0 Å². The van der Waals surface area contributed by atoms with Gasteiger partial charge in [-0.15, -0.1) is 0 Å². The average molecular weight is 312 g/mol. The van der Waals surface area contributed by atoms with Crippen molar-refractivity contribution in [2.75, 3.05) is 0 Å². The Balaban J connectivity index is 1.54. The molecule has 5 heteroatoms. The summed E-state index contributed by atoms with van der Waals surface area (Å²) < 4.78 is 0. The standard InChI is InChI=1S/C18H20N2O3/c21-16(19-12-4-2-1-3-5-12)11-6-9-14-15(10-11)18(23)20(17(14)22)13-7-8-13/h6,9-10,12-13H,1-5,7-8H2,(H,19,21). The highest BCUT2D eigenvalue weighted by molar-refractivity contribution is 6.22. The van der Waals surface area contributed by atoms with Gasteiger partial charge in [-0.2, -0.15) is 0 Å². The molecule has 2 aliphatic carbocycles. The van der Waals surface area contributed by atoms with Crippen molar-refractivity contribution in [1.82, 2.24) is 10.2 Å². The SMILES string of the molecule is O=C(NC1CCCCC1)c1ccc2c(c1)C(=O)N(C1CC1)C2=O. The molecular weight excluding hydrogens is 292 g/mol. The molecule has 0 saturated heterocycles. The monoisotopic (exact) mass is 312 g/mol. The molecule has 120 valence electrons. The van der Waals surface area contributed by atoms with E-state index in [-0.39, 0.29) is 29.8 Å². The Hall–Kier alpha value is -2.17. The van der Waals surface area contributed by atoms with E-state index in [9.17, 15) is 14.4 Å². The number of benzene rings is 1. The second kappa shape index (κ2) is 5.48. The molecule has 1 heterocycles. The zero-order valence-electron chi connectivity index (χ0n) is 13.0. The third-order valence-electron chi connectivity index (χ3n) is 5.03. The number of hydrogen-bond acceptors (Lipinski definition) is 3. The van der Waals surface area contributed by atoms with Crippen LogP contribution in [0.4, 0.5) is 0 Å². The lowest BCUT2D eigenvalue weighted by molar-refractivity contribution is 0.0642. The molecule has 0 unspecified atom stereocenters. The van der Waals surface area contributed by atoms with Crippen LogP contribution in [-0.2, 0) is 0 Å². The van der Waals surface area contributed by atoms with Crippen molar-refractivity contribution in [2.24, 2.45) is 0 Å². The minimum atomic E-state index is -0.250. The van der Waals surface area contributed by atoms with E-state index in [1.54, 1.807) is 18.2 Å². The van der Waals surface area contributed by atoms with E-state index in [1.807, 2.05) is 0 Å². The highest BCUT2D eigenvalue weighted by atomic mass is 16.2. The molecule has 3 amide bonds. The zero-order valence-corrected chi connectivity index (χ0v) is 13.0. The van der Waals surface area contributed by atoms with E-state index >= 15 is 0 Å². The number of hydrogen-bond donors (Lipinski definition) is 1. The lowest BCUT2D eigenvalue weighted by Gasteiger charge is -2.22. The lowest BCUT2D eigenvalue weighted by atomic mass is 9.95. The smallest absolute Gasteiger partial charge is 0.261 e. The van der Waals surface area contributed by atoms with Gasteiger partial charge in [-0.1, -0.05) is 19.3 Å². The van der Waals surface area contributed by atoms with Gasteiger partial charge in [0.15, 0.2) is 0 Å². The minimum absolute atomic E-state index is 0.0573. The summed E-state index contributed by atoms with van der Waals surface area (Å²) >= 11 is 0. The highest BCUT2D eigenvalue weighted by Crippen LogP contribution is 2.34. The summed E-state index contributed by atoms with van der Waals surface area (Å²) in [6, 6.07) is 5.13. The number of carbonyl (C=O) groups excluding carboxylic acids is 3. The molecule has 1 N–H and O–H groups in total. The Bertz CT molecular complexity index is 688. The summed E-state index contributed by atoms with van der Waals surface area (Å²) in [7, 11) is 0. The number of fused-ring (bicyclic) bond motifs is 1. The molecule has 1 aliphatic heterocycles. The molecule has 2 saturated carbocycles. The number of rotatable bonds is 3. The third-order valence-corrected chi connectivity index (χ3v) is 5.03. The second-order valence-corrected chi connectivity index (χ2v) is 6.78. The van der Waals surface area contributed by atoms with E-state index in [0.717, 1.165) is 38.5 Å². The molecule has 0 atom stereocenters. The topological polar surface area (TPSA) is 66.5 Å². The van der Waals surface area contributed by atoms with Crippen molar-refractivity contribution >= 4 is 17.7 Å². The first-order valence-corrected chi connectivity index (χ1v) is 8.48. The molecule has 0 radical (unpaired) electrons. The van der Waals surface area contributed by atoms with Crippen LogP contribution in [-0.4, -0.2) is 34.7 Å². The van der Waals surface area contributed by atoms with E-state index < -0.39 is 0 Å². The van der Waals surface area contributed by atoms with Crippen LogP contribution >= 0.6 is 0 Å². The molecule has 1 aromatic rings. The molecule has 0 bridgehead atoms. The van der Waals surface area contributed by atoms with Gasteiger partial charge in [-0.25, -0.2) is 0 Å². The number of amides is 3. The van der Waals surface area contributed by atoms with Gasteiger partial charge in [0.25, 0.3) is 17.7 Å². The first-order chi connectivity index (χ1) is 11.1. The average Bonchev–Trinajstić information content (AvgIpc) is 3.36. The fourth-order valence-electron chi connectivity index (χ4n) is 3.58. The van der Waals surface area contributed by atoms with Crippen LogP contribution < -0.4 is 5.32 Å². The Labute approximate surface area is 135 Å². The number of nitrogens with zero attached hydrogens (tertiary/aromatic N) is 1. The molecule has 4 rings (SSSR count). The Morgan fingerprint density at radius 3 is 2.35 bits per heavy atom. The van der Waals surface area contributed by atoms with Crippen molar-refractivity contribution in [1.29, 1.82) is 0 Å². The van der Waals surface area contributed by atoms with E-state index in [1.165, 1.54) is 11.3 Å². The predicted octanol–water partition coefficient (Wildman–Crippen LogP) is 2.51. The predicted molar refractivity (Wildman–Crippen MR) is 84.3 cm³/mol. The lowest BCUT2D eigenvalue weighted by Crippen LogP contribution is -2.36. The Morgan fingerprint density at radius 1 is 0.957 bits per heavy atom. The van der Waals surface area contributed by atoms with Crippen LogP contribution in [0.1, 0.15) is 76.0 Å². The van der Waals surface area contributed by atoms with Gasteiger partial charge >= 0.3 is 0 Å². The van der Waals surface area contributed by atoms with Crippen molar-refractivity contribution in [3.63, 3.8) is 0 Å². The minimum Gasteiger partial charge on any atom is -0.349 e. The maximum atomic E-state index is 12.4. The van der Waals surface area contributed by atoms with Crippen LogP contribution in [0.5, 0.6) is 0 Å². The van der Waals surface area contributed by atoms with Gasteiger partial charge in [0, 0.05) is 17.6 Å². The van der Waals surface area contributed by atoms with Crippen LogP contribution in [0, 0.1) is 0 Å². The third kappa shape index (κ3) is 2.54. The van der Waals surface area contributed by atoms with Crippen molar-refractivity contribution in [3.05, 3.63) is 34.9 Å². The molecule has 5 nitrogen and oxygen atoms in total. The van der Waals surface area contributed by atoms with Crippen molar-refractivity contribution < 1.29 is 14.4 Å². The van der Waals surface area contributed by atoms with E-state index in [2.05, 4.69) is 5.32 Å². The number of nitrogens with one attached hydrogen (secondary N) is 1. The summed E-state index contributed by atoms with van der Waals surface area (Å²) in [6.07, 6.45) is 7.35. The van der Waals surface area contributed by atoms with E-state index in [4.69, 9.17) is 0 Å². The van der Waals surface area contributed by atoms with Gasteiger partial charge in [-0.05, 0) is 43.9 Å².